The molecule has 2 amide bonds. The SMILES string of the molecule is CCNC(=O)[C@@H](CC)N(Cc1ccc(Cl)cc1Cl)C(=O)CN(c1cccc(C(C)=O)c1)S(C)(=O)=O. The first-order chi connectivity index (χ1) is 16.4. The average Bonchev–Trinajstić information content (AvgIpc) is 2.78. The molecule has 0 aromatic heterocycles. The van der Waals surface area contributed by atoms with Crippen molar-refractivity contribution in [3.63, 3.8) is 0 Å². The Morgan fingerprint density at radius 1 is 1.06 bits per heavy atom. The van der Waals surface area contributed by atoms with E-state index in [-0.39, 0.29) is 23.9 Å². The Hall–Kier alpha value is -2.62. The summed E-state index contributed by atoms with van der Waals surface area (Å²) in [5.41, 5.74) is 1.03. The lowest BCUT2D eigenvalue weighted by molar-refractivity contribution is -0.140. The van der Waals surface area contributed by atoms with Gasteiger partial charge in [-0.2, -0.15) is 0 Å². The first-order valence-electron chi connectivity index (χ1n) is 11.0. The predicted octanol–water partition coefficient (Wildman–Crippen LogP) is 3.91. The lowest BCUT2D eigenvalue weighted by Crippen LogP contribution is -2.52. The maximum Gasteiger partial charge on any atom is 0.244 e. The van der Waals surface area contributed by atoms with E-state index in [0.29, 0.717) is 34.1 Å². The topological polar surface area (TPSA) is 104 Å². The monoisotopic (exact) mass is 541 g/mol. The van der Waals surface area contributed by atoms with Gasteiger partial charge in [0.15, 0.2) is 5.78 Å². The Balaban J connectivity index is 2.50. The van der Waals surface area contributed by atoms with Crippen LogP contribution < -0.4 is 9.62 Å². The minimum Gasteiger partial charge on any atom is -0.355 e. The molecule has 1 N–H and O–H groups in total. The zero-order valence-electron chi connectivity index (χ0n) is 20.0. The van der Waals surface area contributed by atoms with Gasteiger partial charge in [-0.05, 0) is 50.1 Å². The molecule has 0 saturated carbocycles. The number of nitrogens with one attached hydrogen (secondary N) is 1. The van der Waals surface area contributed by atoms with E-state index in [1.807, 2.05) is 0 Å². The predicted molar refractivity (Wildman–Crippen MR) is 138 cm³/mol. The molecule has 0 bridgehead atoms. The third-order valence-electron chi connectivity index (χ3n) is 5.31. The number of carbonyl (C=O) groups excluding carboxylic acids is 3. The molecule has 1 atom stereocenters. The molecule has 0 fully saturated rings. The molecule has 8 nitrogen and oxygen atoms in total. The molecular formula is C24H29Cl2N3O5S. The van der Waals surface area contributed by atoms with Gasteiger partial charge in [0.05, 0.1) is 11.9 Å². The van der Waals surface area contributed by atoms with Crippen LogP contribution in [0.3, 0.4) is 0 Å². The lowest BCUT2D eigenvalue weighted by atomic mass is 10.1. The van der Waals surface area contributed by atoms with Gasteiger partial charge in [0, 0.05) is 28.7 Å². The van der Waals surface area contributed by atoms with Crippen LogP contribution in [0.5, 0.6) is 0 Å². The maximum absolute atomic E-state index is 13.6. The molecule has 11 heteroatoms. The minimum absolute atomic E-state index is 0.0322. The average molecular weight is 542 g/mol. The molecule has 2 aromatic carbocycles. The zero-order chi connectivity index (χ0) is 26.3. The van der Waals surface area contributed by atoms with Crippen LogP contribution in [0, 0.1) is 0 Å². The van der Waals surface area contributed by atoms with Crippen LogP contribution in [0.25, 0.3) is 0 Å². The van der Waals surface area contributed by atoms with E-state index in [1.54, 1.807) is 38.1 Å². The molecule has 0 aliphatic carbocycles. The third-order valence-corrected chi connectivity index (χ3v) is 7.04. The van der Waals surface area contributed by atoms with Crippen molar-refractivity contribution in [2.75, 3.05) is 23.7 Å². The Labute approximate surface area is 216 Å². The van der Waals surface area contributed by atoms with Crippen molar-refractivity contribution in [3.8, 4) is 0 Å². The summed E-state index contributed by atoms with van der Waals surface area (Å²) in [6.45, 7) is 4.66. The van der Waals surface area contributed by atoms with Gasteiger partial charge in [0.2, 0.25) is 21.8 Å². The van der Waals surface area contributed by atoms with Crippen LogP contribution in [0.4, 0.5) is 5.69 Å². The van der Waals surface area contributed by atoms with Crippen molar-refractivity contribution in [1.29, 1.82) is 0 Å². The van der Waals surface area contributed by atoms with E-state index in [2.05, 4.69) is 5.32 Å². The minimum atomic E-state index is -3.91. The third kappa shape index (κ3) is 7.68. The summed E-state index contributed by atoms with van der Waals surface area (Å²) < 4.78 is 26.2. The van der Waals surface area contributed by atoms with Crippen LogP contribution in [-0.4, -0.2) is 56.3 Å². The van der Waals surface area contributed by atoms with Gasteiger partial charge in [-0.1, -0.05) is 48.3 Å². The summed E-state index contributed by atoms with van der Waals surface area (Å²) in [5.74, 6) is -1.21. The number of halogens is 2. The number of benzene rings is 2. The Bertz CT molecular complexity index is 1200. The Morgan fingerprint density at radius 2 is 1.74 bits per heavy atom. The fourth-order valence-corrected chi connectivity index (χ4v) is 4.85. The van der Waals surface area contributed by atoms with E-state index in [1.165, 1.54) is 30.0 Å². The second-order valence-corrected chi connectivity index (χ2v) is 10.7. The summed E-state index contributed by atoms with van der Waals surface area (Å²) in [7, 11) is -3.91. The van der Waals surface area contributed by atoms with E-state index >= 15 is 0 Å². The summed E-state index contributed by atoms with van der Waals surface area (Å²) in [6, 6.07) is 9.97. The number of amides is 2. The van der Waals surface area contributed by atoms with E-state index in [0.717, 1.165) is 10.6 Å². The molecule has 0 saturated heterocycles. The number of sulfonamides is 1. The van der Waals surface area contributed by atoms with Gasteiger partial charge in [0.25, 0.3) is 0 Å². The number of nitrogens with zero attached hydrogens (tertiary/aromatic N) is 2. The van der Waals surface area contributed by atoms with Gasteiger partial charge >= 0.3 is 0 Å². The van der Waals surface area contributed by atoms with Gasteiger partial charge in [0.1, 0.15) is 12.6 Å². The molecule has 0 radical (unpaired) electrons. The van der Waals surface area contributed by atoms with Crippen LogP contribution in [0.2, 0.25) is 10.0 Å². The highest BCUT2D eigenvalue weighted by Gasteiger charge is 2.32. The highest BCUT2D eigenvalue weighted by atomic mass is 35.5. The van der Waals surface area contributed by atoms with Crippen LogP contribution in [0.15, 0.2) is 42.5 Å². The first-order valence-corrected chi connectivity index (χ1v) is 13.6. The molecule has 2 rings (SSSR count). The van der Waals surface area contributed by atoms with Crippen LogP contribution in [0.1, 0.15) is 43.1 Å². The molecule has 0 heterocycles. The number of carbonyl (C=O) groups is 3. The number of rotatable bonds is 11. The summed E-state index contributed by atoms with van der Waals surface area (Å²) in [6.07, 6.45) is 1.27. The molecule has 0 spiro atoms. The van der Waals surface area contributed by atoms with E-state index in [9.17, 15) is 22.8 Å². The smallest absolute Gasteiger partial charge is 0.244 e. The fourth-order valence-electron chi connectivity index (χ4n) is 3.54. The normalized spacial score (nSPS) is 12.1. The van der Waals surface area contributed by atoms with Gasteiger partial charge < -0.3 is 10.2 Å². The molecule has 35 heavy (non-hydrogen) atoms. The van der Waals surface area contributed by atoms with Crippen LogP contribution >= 0.6 is 23.2 Å². The summed E-state index contributed by atoms with van der Waals surface area (Å²) in [4.78, 5) is 39.5. The van der Waals surface area contributed by atoms with Gasteiger partial charge in [-0.3, -0.25) is 18.7 Å². The van der Waals surface area contributed by atoms with Crippen LogP contribution in [-0.2, 0) is 26.2 Å². The zero-order valence-corrected chi connectivity index (χ0v) is 22.4. The number of hydrogen-bond donors (Lipinski definition) is 1. The van der Waals surface area contributed by atoms with E-state index < -0.39 is 28.5 Å². The second-order valence-electron chi connectivity index (χ2n) is 7.95. The van der Waals surface area contributed by atoms with Crippen molar-refractivity contribution in [3.05, 3.63) is 63.6 Å². The van der Waals surface area contributed by atoms with Crippen molar-refractivity contribution >= 4 is 56.5 Å². The van der Waals surface area contributed by atoms with Crippen molar-refractivity contribution in [2.45, 2.75) is 39.8 Å². The second kappa shape index (κ2) is 12.4. The summed E-state index contributed by atoms with van der Waals surface area (Å²) >= 11 is 12.3. The standard InChI is InChI=1S/C24H29Cl2N3O5S/c1-5-22(24(32)27-6-2)28(14-18-10-11-19(25)13-21(18)26)23(31)15-29(35(4,33)34)20-9-7-8-17(12-20)16(3)30/h7-13,22H,5-6,14-15H2,1-4H3,(H,27,32)/t22-/m1/s1. The van der Waals surface area contributed by atoms with Crippen molar-refractivity contribution < 1.29 is 22.8 Å². The number of hydrogen-bond acceptors (Lipinski definition) is 5. The molecule has 2 aromatic rings. The van der Waals surface area contributed by atoms with Gasteiger partial charge in [-0.15, -0.1) is 0 Å². The number of anilines is 1. The van der Waals surface area contributed by atoms with Crippen molar-refractivity contribution in [2.24, 2.45) is 0 Å². The number of ketones is 1. The molecule has 0 aliphatic rings. The lowest BCUT2D eigenvalue weighted by Gasteiger charge is -2.33. The Morgan fingerprint density at radius 3 is 2.29 bits per heavy atom. The quantitative estimate of drug-likeness (QED) is 0.434. The summed E-state index contributed by atoms with van der Waals surface area (Å²) in [5, 5.41) is 3.45. The largest absolute Gasteiger partial charge is 0.355 e. The van der Waals surface area contributed by atoms with Crippen molar-refractivity contribution in [1.82, 2.24) is 10.2 Å². The Kier molecular flexibility index (Phi) is 10.1. The maximum atomic E-state index is 13.6. The van der Waals surface area contributed by atoms with Gasteiger partial charge in [-0.25, -0.2) is 8.42 Å². The first kappa shape index (κ1) is 28.6. The molecular weight excluding hydrogens is 513 g/mol. The highest BCUT2D eigenvalue weighted by molar-refractivity contribution is 7.92. The molecule has 0 unspecified atom stereocenters. The number of Topliss-reactive ketones (excluding diaryl/α,β-unsaturated/α-hetero) is 1. The van der Waals surface area contributed by atoms with E-state index in [4.69, 9.17) is 23.2 Å². The number of likely N-dealkylation sites (N-methyl/N-ethyl adjacent to an activating group) is 1. The highest BCUT2D eigenvalue weighted by Crippen LogP contribution is 2.25. The fraction of sp³-hybridized carbons (Fsp3) is 0.375. The molecule has 190 valence electrons. The molecule has 0 aliphatic heterocycles.